The molecule has 2 amide bonds. The van der Waals surface area contributed by atoms with Crippen LogP contribution in [0.2, 0.25) is 0 Å². The lowest BCUT2D eigenvalue weighted by molar-refractivity contribution is -0.137. The van der Waals surface area contributed by atoms with Gasteiger partial charge in [-0.2, -0.15) is 0 Å². The summed E-state index contributed by atoms with van der Waals surface area (Å²) < 4.78 is 23.9. The quantitative estimate of drug-likeness (QED) is 0.654. The van der Waals surface area contributed by atoms with Crippen molar-refractivity contribution in [3.8, 4) is 0 Å². The van der Waals surface area contributed by atoms with Crippen LogP contribution in [0.25, 0.3) is 6.08 Å². The summed E-state index contributed by atoms with van der Waals surface area (Å²) in [6.07, 6.45) is 8.92. The van der Waals surface area contributed by atoms with Crippen molar-refractivity contribution in [2.45, 2.75) is 49.6 Å². The van der Waals surface area contributed by atoms with E-state index in [1.165, 1.54) is 6.26 Å². The van der Waals surface area contributed by atoms with E-state index in [0.717, 1.165) is 30.4 Å². The number of hydrogen-bond donors (Lipinski definition) is 2. The van der Waals surface area contributed by atoms with Gasteiger partial charge in [0.15, 0.2) is 9.84 Å². The van der Waals surface area contributed by atoms with Gasteiger partial charge >= 0.3 is 0 Å². The van der Waals surface area contributed by atoms with E-state index in [1.807, 2.05) is 13.0 Å². The lowest BCUT2D eigenvalue weighted by Crippen LogP contribution is -2.48. The summed E-state index contributed by atoms with van der Waals surface area (Å²) in [5.41, 5.74) is 7.09. The molecule has 0 aromatic heterocycles. The number of carbonyl (C=O) groups is 2. The summed E-state index contributed by atoms with van der Waals surface area (Å²) in [5, 5.41) is 2.99. The number of sulfone groups is 1. The highest BCUT2D eigenvalue weighted by Crippen LogP contribution is 2.32. The molecule has 1 aliphatic carbocycles. The number of halogens is 1. The van der Waals surface area contributed by atoms with Crippen LogP contribution in [0.1, 0.15) is 49.8 Å². The van der Waals surface area contributed by atoms with Crippen LogP contribution in [0, 0.1) is 5.92 Å². The van der Waals surface area contributed by atoms with E-state index in [-0.39, 0.29) is 41.7 Å². The molecule has 3 rings (SSSR count). The summed E-state index contributed by atoms with van der Waals surface area (Å²) in [7, 11) is -3.32. The lowest BCUT2D eigenvalue weighted by Gasteiger charge is -2.26. The average molecular weight is 456 g/mol. The van der Waals surface area contributed by atoms with E-state index in [2.05, 4.69) is 11.4 Å². The second-order valence-electron chi connectivity index (χ2n) is 7.94. The van der Waals surface area contributed by atoms with Crippen LogP contribution in [-0.2, 0) is 19.4 Å². The zero-order chi connectivity index (χ0) is 21.2. The molecule has 1 saturated carbocycles. The fourth-order valence-electron chi connectivity index (χ4n) is 3.69. The third-order valence-electron chi connectivity index (χ3n) is 5.53. The Morgan fingerprint density at radius 1 is 1.30 bits per heavy atom. The maximum atomic E-state index is 12.8. The molecule has 2 fully saturated rings. The molecule has 1 aliphatic heterocycles. The van der Waals surface area contributed by atoms with Crippen molar-refractivity contribution in [2.24, 2.45) is 11.7 Å². The van der Waals surface area contributed by atoms with Crippen molar-refractivity contribution < 1.29 is 18.0 Å². The molecule has 0 radical (unpaired) electrons. The second kappa shape index (κ2) is 9.94. The third-order valence-corrected chi connectivity index (χ3v) is 6.64. The van der Waals surface area contributed by atoms with Crippen LogP contribution >= 0.6 is 12.4 Å². The number of carbonyl (C=O) groups excluding carboxylic acids is 2. The fraction of sp³-hybridized carbons (Fsp3) is 0.524. The number of hydrogen-bond acceptors (Lipinski definition) is 5. The van der Waals surface area contributed by atoms with Crippen molar-refractivity contribution in [2.75, 3.05) is 19.3 Å². The first kappa shape index (κ1) is 24.4. The van der Waals surface area contributed by atoms with E-state index in [0.29, 0.717) is 18.9 Å². The van der Waals surface area contributed by atoms with E-state index >= 15 is 0 Å². The van der Waals surface area contributed by atoms with Crippen LogP contribution in [0.4, 0.5) is 0 Å². The Bertz CT molecular complexity index is 928. The molecule has 7 nitrogen and oxygen atoms in total. The van der Waals surface area contributed by atoms with Gasteiger partial charge in [-0.15, -0.1) is 12.4 Å². The largest absolute Gasteiger partial charge is 0.348 e. The minimum absolute atomic E-state index is 0. The summed E-state index contributed by atoms with van der Waals surface area (Å²) in [5.74, 6) is 0.117. The molecule has 0 unspecified atom stereocenters. The highest BCUT2D eigenvalue weighted by Gasteiger charge is 2.34. The van der Waals surface area contributed by atoms with Crippen molar-refractivity contribution in [3.05, 3.63) is 35.4 Å². The predicted molar refractivity (Wildman–Crippen MR) is 119 cm³/mol. The molecule has 1 aromatic carbocycles. The summed E-state index contributed by atoms with van der Waals surface area (Å²) >= 11 is 0. The Morgan fingerprint density at radius 3 is 2.60 bits per heavy atom. The first-order valence-corrected chi connectivity index (χ1v) is 11.9. The van der Waals surface area contributed by atoms with Crippen LogP contribution in [0.15, 0.2) is 29.2 Å². The highest BCUT2D eigenvalue weighted by molar-refractivity contribution is 7.90. The van der Waals surface area contributed by atoms with Gasteiger partial charge in [0, 0.05) is 12.8 Å². The van der Waals surface area contributed by atoms with Gasteiger partial charge in [0.05, 0.1) is 17.5 Å². The van der Waals surface area contributed by atoms with E-state index < -0.39 is 15.9 Å². The van der Waals surface area contributed by atoms with Crippen LogP contribution in [0.3, 0.4) is 0 Å². The molecule has 3 N–H and O–H groups in total. The van der Waals surface area contributed by atoms with E-state index in [1.54, 1.807) is 23.1 Å². The van der Waals surface area contributed by atoms with Crippen molar-refractivity contribution >= 4 is 40.1 Å². The number of nitrogens with two attached hydrogens (primary N) is 1. The monoisotopic (exact) mass is 455 g/mol. The molecular formula is C21H30ClN3O4S. The predicted octanol–water partition coefficient (Wildman–Crippen LogP) is 2.06. The molecule has 2 aliphatic rings. The Hall–Kier alpha value is -1.90. The van der Waals surface area contributed by atoms with Gasteiger partial charge in [-0.3, -0.25) is 9.59 Å². The third kappa shape index (κ3) is 5.83. The van der Waals surface area contributed by atoms with Crippen LogP contribution in [-0.4, -0.2) is 50.5 Å². The number of rotatable bonds is 7. The molecule has 166 valence electrons. The SMILES string of the molecule is C[C@H](NC(=O)[C@@H]1CCCN1C(=O)CN)c1ccc(S(C)(=O)=O)cc1/C=C/C1CC1.Cl. The first-order chi connectivity index (χ1) is 13.7. The number of nitrogens with one attached hydrogen (secondary N) is 1. The summed E-state index contributed by atoms with van der Waals surface area (Å²) in [4.78, 5) is 26.6. The summed E-state index contributed by atoms with van der Waals surface area (Å²) in [6.45, 7) is 2.30. The number of amides is 2. The molecule has 9 heteroatoms. The second-order valence-corrected chi connectivity index (χ2v) is 9.95. The average Bonchev–Trinajstić information content (AvgIpc) is 3.37. The van der Waals surface area contributed by atoms with Gasteiger partial charge in [-0.25, -0.2) is 8.42 Å². The molecule has 0 spiro atoms. The molecular weight excluding hydrogens is 426 g/mol. The van der Waals surface area contributed by atoms with E-state index in [9.17, 15) is 18.0 Å². The number of benzene rings is 1. The van der Waals surface area contributed by atoms with Crippen LogP contribution < -0.4 is 11.1 Å². The van der Waals surface area contributed by atoms with Gasteiger partial charge in [0.25, 0.3) is 0 Å². The Labute approximate surface area is 184 Å². The van der Waals surface area contributed by atoms with E-state index in [4.69, 9.17) is 5.73 Å². The maximum Gasteiger partial charge on any atom is 0.243 e. The maximum absolute atomic E-state index is 12.8. The normalized spacial score (nSPS) is 20.1. The standard InChI is InChI=1S/C21H29N3O4S.ClH/c1-14(23-21(26)19-4-3-11-24(19)20(25)13-22)18-10-9-17(29(2,27)28)12-16(18)8-7-15-5-6-15;/h7-10,12,14-15,19H,3-6,11,13,22H2,1-2H3,(H,23,26);1H/b8-7+;/t14-,19-;/m0./s1. The molecule has 0 bridgehead atoms. The smallest absolute Gasteiger partial charge is 0.243 e. The Balaban J connectivity index is 0.00000320. The molecule has 1 aromatic rings. The van der Waals surface area contributed by atoms with Gasteiger partial charge in [-0.1, -0.05) is 18.2 Å². The van der Waals surface area contributed by atoms with Gasteiger partial charge in [0.2, 0.25) is 11.8 Å². The molecule has 30 heavy (non-hydrogen) atoms. The molecule has 2 atom stereocenters. The number of nitrogens with zero attached hydrogens (tertiary/aromatic N) is 1. The number of likely N-dealkylation sites (tertiary alicyclic amines) is 1. The van der Waals surface area contributed by atoms with Gasteiger partial charge in [-0.05, 0) is 61.8 Å². The summed E-state index contributed by atoms with van der Waals surface area (Å²) in [6, 6.07) is 4.15. The minimum Gasteiger partial charge on any atom is -0.348 e. The highest BCUT2D eigenvalue weighted by atomic mass is 35.5. The lowest BCUT2D eigenvalue weighted by atomic mass is 10.00. The zero-order valence-corrected chi connectivity index (χ0v) is 19.0. The molecule has 1 saturated heterocycles. The topological polar surface area (TPSA) is 110 Å². The van der Waals surface area contributed by atoms with Gasteiger partial charge < -0.3 is 16.0 Å². The van der Waals surface area contributed by atoms with Crippen molar-refractivity contribution in [3.63, 3.8) is 0 Å². The molecule has 1 heterocycles. The Morgan fingerprint density at radius 2 is 2.00 bits per heavy atom. The minimum atomic E-state index is -3.32. The van der Waals surface area contributed by atoms with Crippen LogP contribution in [0.5, 0.6) is 0 Å². The Kier molecular flexibility index (Phi) is 8.07. The van der Waals surface area contributed by atoms with Gasteiger partial charge in [0.1, 0.15) is 6.04 Å². The fourth-order valence-corrected chi connectivity index (χ4v) is 4.35. The first-order valence-electron chi connectivity index (χ1n) is 10.0. The van der Waals surface area contributed by atoms with Crippen molar-refractivity contribution in [1.82, 2.24) is 10.2 Å². The zero-order valence-electron chi connectivity index (χ0n) is 17.3. The number of allylic oxidation sites excluding steroid dienone is 1. The van der Waals surface area contributed by atoms with Crippen molar-refractivity contribution in [1.29, 1.82) is 0 Å².